The van der Waals surface area contributed by atoms with Crippen LogP contribution in [0.25, 0.3) is 0 Å². The van der Waals surface area contributed by atoms with Crippen LogP contribution in [0, 0.1) is 0 Å². The van der Waals surface area contributed by atoms with E-state index in [9.17, 15) is 22.8 Å². The van der Waals surface area contributed by atoms with Crippen molar-refractivity contribution in [3.63, 3.8) is 0 Å². The fraction of sp³-hybridized carbons (Fsp3) is 0.333. The van der Waals surface area contributed by atoms with Gasteiger partial charge in [-0.3, -0.25) is 9.78 Å². The Kier molecular flexibility index (Phi) is 8.56. The van der Waals surface area contributed by atoms with Crippen LogP contribution in [0.5, 0.6) is 0 Å². The monoisotopic (exact) mass is 452 g/mol. The minimum atomic E-state index is -5.08. The summed E-state index contributed by atoms with van der Waals surface area (Å²) in [6.07, 6.45) is 2.40. The molecule has 8 nitrogen and oxygen atoms in total. The second-order valence-electron chi connectivity index (χ2n) is 6.97. The SMILES string of the molecule is C=CCn1c2c(ccc1=O)CC(NC(=O)NCc1cccnc1)CC2.O=C(O)C(F)(F)F. The first-order chi connectivity index (χ1) is 15.1. The zero-order chi connectivity index (χ0) is 23.7. The maximum Gasteiger partial charge on any atom is 0.490 e. The van der Waals surface area contributed by atoms with Crippen molar-refractivity contribution in [2.24, 2.45) is 0 Å². The van der Waals surface area contributed by atoms with Gasteiger partial charge >= 0.3 is 18.2 Å². The molecule has 2 aromatic heterocycles. The van der Waals surface area contributed by atoms with E-state index < -0.39 is 12.1 Å². The number of alkyl halides is 3. The molecule has 172 valence electrons. The predicted molar refractivity (Wildman–Crippen MR) is 110 cm³/mol. The normalized spacial score (nSPS) is 14.9. The zero-order valence-electron chi connectivity index (χ0n) is 17.1. The highest BCUT2D eigenvalue weighted by Crippen LogP contribution is 2.20. The van der Waals surface area contributed by atoms with Crippen molar-refractivity contribution in [3.05, 3.63) is 76.5 Å². The van der Waals surface area contributed by atoms with Crippen molar-refractivity contribution in [2.75, 3.05) is 0 Å². The number of pyridine rings is 2. The van der Waals surface area contributed by atoms with Gasteiger partial charge in [-0.25, -0.2) is 9.59 Å². The summed E-state index contributed by atoms with van der Waals surface area (Å²) >= 11 is 0. The first kappa shape index (κ1) is 24.6. The van der Waals surface area contributed by atoms with Crippen LogP contribution in [0.15, 0.2) is 54.1 Å². The minimum Gasteiger partial charge on any atom is -0.475 e. The van der Waals surface area contributed by atoms with Crippen molar-refractivity contribution >= 4 is 12.0 Å². The lowest BCUT2D eigenvalue weighted by Gasteiger charge is -2.27. The van der Waals surface area contributed by atoms with Crippen LogP contribution in [-0.4, -0.2) is 38.9 Å². The smallest absolute Gasteiger partial charge is 0.475 e. The van der Waals surface area contributed by atoms with Crippen LogP contribution >= 0.6 is 0 Å². The Bertz CT molecular complexity index is 1010. The number of urea groups is 1. The van der Waals surface area contributed by atoms with Crippen molar-refractivity contribution in [3.8, 4) is 0 Å². The van der Waals surface area contributed by atoms with E-state index >= 15 is 0 Å². The molecule has 0 bridgehead atoms. The lowest BCUT2D eigenvalue weighted by molar-refractivity contribution is -0.192. The van der Waals surface area contributed by atoms with E-state index in [0.29, 0.717) is 13.1 Å². The van der Waals surface area contributed by atoms with Crippen molar-refractivity contribution < 1.29 is 27.9 Å². The summed E-state index contributed by atoms with van der Waals surface area (Å²) in [5, 5.41) is 13.0. The number of nitrogens with one attached hydrogen (secondary N) is 2. The molecule has 1 aliphatic carbocycles. The number of fused-ring (bicyclic) bond motifs is 1. The van der Waals surface area contributed by atoms with E-state index in [0.717, 1.165) is 36.1 Å². The van der Waals surface area contributed by atoms with Crippen LogP contribution in [0.2, 0.25) is 0 Å². The number of aromatic nitrogens is 2. The summed E-state index contributed by atoms with van der Waals surface area (Å²) in [4.78, 5) is 37.0. The summed E-state index contributed by atoms with van der Waals surface area (Å²) in [6, 6.07) is 7.11. The number of hydrogen-bond acceptors (Lipinski definition) is 4. The fourth-order valence-corrected chi connectivity index (χ4v) is 3.20. The standard InChI is InChI=1S/C19H22N4O2.C2HF3O2/c1-2-10-23-17-7-6-16(11-15(17)5-8-18(23)24)22-19(25)21-13-14-4-3-9-20-12-14;3-2(4,5)1(6)7/h2-5,8-9,12,16H,1,6-7,10-11,13H2,(H2,21,22,25);(H,6,7). The number of halogens is 3. The first-order valence-electron chi connectivity index (χ1n) is 9.67. The molecule has 0 fully saturated rings. The van der Waals surface area contributed by atoms with Crippen LogP contribution in [0.1, 0.15) is 23.2 Å². The predicted octanol–water partition coefficient (Wildman–Crippen LogP) is 2.42. The molecule has 0 aromatic carbocycles. The van der Waals surface area contributed by atoms with E-state index in [1.807, 2.05) is 18.2 Å². The number of hydrogen-bond donors (Lipinski definition) is 3. The number of amides is 2. The van der Waals surface area contributed by atoms with Gasteiger partial charge in [-0.15, -0.1) is 6.58 Å². The lowest BCUT2D eigenvalue weighted by atomic mass is 9.91. The van der Waals surface area contributed by atoms with Crippen molar-refractivity contribution in [2.45, 2.75) is 44.6 Å². The van der Waals surface area contributed by atoms with Gasteiger partial charge in [0.25, 0.3) is 5.56 Å². The molecule has 2 heterocycles. The number of carboxylic acid groups (broad SMARTS) is 1. The second kappa shape index (κ2) is 11.1. The average Bonchev–Trinajstić information content (AvgIpc) is 2.75. The van der Waals surface area contributed by atoms with Gasteiger partial charge in [0.2, 0.25) is 0 Å². The third kappa shape index (κ3) is 7.25. The lowest BCUT2D eigenvalue weighted by Crippen LogP contribution is -2.45. The van der Waals surface area contributed by atoms with E-state index in [2.05, 4.69) is 22.2 Å². The number of carbonyl (C=O) groups excluding carboxylic acids is 1. The van der Waals surface area contributed by atoms with Gasteiger partial charge in [0.15, 0.2) is 0 Å². The number of allylic oxidation sites excluding steroid dienone is 1. The maximum absolute atomic E-state index is 12.1. The molecule has 0 aliphatic heterocycles. The van der Waals surface area contributed by atoms with Gasteiger partial charge in [0, 0.05) is 43.3 Å². The summed E-state index contributed by atoms with van der Waals surface area (Å²) < 4.78 is 33.5. The highest BCUT2D eigenvalue weighted by atomic mass is 19.4. The average molecular weight is 452 g/mol. The van der Waals surface area contributed by atoms with Crippen LogP contribution < -0.4 is 16.2 Å². The molecule has 32 heavy (non-hydrogen) atoms. The van der Waals surface area contributed by atoms with Crippen molar-refractivity contribution in [1.82, 2.24) is 20.2 Å². The summed E-state index contributed by atoms with van der Waals surface area (Å²) in [5.74, 6) is -2.76. The molecule has 0 saturated heterocycles. The molecule has 2 aromatic rings. The molecule has 1 aliphatic rings. The van der Waals surface area contributed by atoms with Crippen LogP contribution in [0.3, 0.4) is 0 Å². The van der Waals surface area contributed by atoms with E-state index in [1.54, 1.807) is 29.1 Å². The third-order valence-corrected chi connectivity index (χ3v) is 4.65. The zero-order valence-corrected chi connectivity index (χ0v) is 17.1. The van der Waals surface area contributed by atoms with E-state index in [-0.39, 0.29) is 17.6 Å². The largest absolute Gasteiger partial charge is 0.490 e. The third-order valence-electron chi connectivity index (χ3n) is 4.65. The summed E-state index contributed by atoms with van der Waals surface area (Å²) in [7, 11) is 0. The Hall–Kier alpha value is -3.63. The van der Waals surface area contributed by atoms with Gasteiger partial charge in [-0.05, 0) is 36.5 Å². The minimum absolute atomic E-state index is 0.000673. The number of rotatable bonds is 5. The highest BCUT2D eigenvalue weighted by molar-refractivity contribution is 5.74. The van der Waals surface area contributed by atoms with E-state index in [1.165, 1.54) is 0 Å². The molecule has 1 unspecified atom stereocenters. The first-order valence-corrected chi connectivity index (χ1v) is 9.67. The Labute approximate surface area is 181 Å². The Balaban J connectivity index is 0.000000451. The molecule has 0 spiro atoms. The highest BCUT2D eigenvalue weighted by Gasteiger charge is 2.38. The molecule has 3 rings (SSSR count). The molecular weight excluding hydrogens is 429 g/mol. The molecular formula is C21H23F3N4O4. The maximum atomic E-state index is 12.1. The summed E-state index contributed by atoms with van der Waals surface area (Å²) in [6.45, 7) is 4.68. The van der Waals surface area contributed by atoms with E-state index in [4.69, 9.17) is 9.90 Å². The Morgan fingerprint density at radius 1 is 1.31 bits per heavy atom. The number of carbonyl (C=O) groups is 2. The van der Waals surface area contributed by atoms with Gasteiger partial charge in [-0.1, -0.05) is 18.2 Å². The Morgan fingerprint density at radius 2 is 2.03 bits per heavy atom. The topological polar surface area (TPSA) is 113 Å². The molecule has 0 radical (unpaired) electrons. The quantitative estimate of drug-likeness (QED) is 0.603. The van der Waals surface area contributed by atoms with Crippen molar-refractivity contribution in [1.29, 1.82) is 0 Å². The van der Waals surface area contributed by atoms with Crippen LogP contribution in [-0.2, 0) is 30.7 Å². The molecule has 11 heteroatoms. The van der Waals surface area contributed by atoms with Gasteiger partial charge in [0.05, 0.1) is 0 Å². The molecule has 1 atom stereocenters. The fourth-order valence-electron chi connectivity index (χ4n) is 3.20. The molecule has 2 amide bonds. The second-order valence-corrected chi connectivity index (χ2v) is 6.97. The van der Waals surface area contributed by atoms with Crippen LogP contribution in [0.4, 0.5) is 18.0 Å². The number of carboxylic acids is 1. The summed E-state index contributed by atoms with van der Waals surface area (Å²) in [5.41, 5.74) is 3.13. The Morgan fingerprint density at radius 3 is 2.62 bits per heavy atom. The van der Waals surface area contributed by atoms with Gasteiger partial charge in [-0.2, -0.15) is 13.2 Å². The molecule has 3 N–H and O–H groups in total. The number of nitrogens with zero attached hydrogens (tertiary/aromatic N) is 2. The van der Waals surface area contributed by atoms with Gasteiger partial charge < -0.3 is 20.3 Å². The molecule has 0 saturated carbocycles. The number of aliphatic carboxylic acids is 1. The van der Waals surface area contributed by atoms with Gasteiger partial charge in [0.1, 0.15) is 0 Å².